The van der Waals surface area contributed by atoms with Gasteiger partial charge in [-0.05, 0) is 54.7 Å². The summed E-state index contributed by atoms with van der Waals surface area (Å²) in [5.41, 5.74) is 5.99. The zero-order valence-corrected chi connectivity index (χ0v) is 21.2. The van der Waals surface area contributed by atoms with Gasteiger partial charge >= 0.3 is 6.09 Å². The number of aryl methyl sites for hydroxylation is 1. The molecule has 0 saturated carbocycles. The van der Waals surface area contributed by atoms with Crippen LogP contribution in [0.2, 0.25) is 0 Å². The number of amides is 3. The molecule has 192 valence electrons. The van der Waals surface area contributed by atoms with E-state index in [0.29, 0.717) is 57.8 Å². The van der Waals surface area contributed by atoms with E-state index in [1.54, 1.807) is 6.20 Å². The fraction of sp³-hybridized carbons (Fsp3) is 0.464. The van der Waals surface area contributed by atoms with Crippen LogP contribution in [-0.4, -0.2) is 58.5 Å². The van der Waals surface area contributed by atoms with Gasteiger partial charge in [0.1, 0.15) is 11.4 Å². The minimum Gasteiger partial charge on any atom is -0.437 e. The molecule has 4 aliphatic rings. The van der Waals surface area contributed by atoms with Gasteiger partial charge in [0.2, 0.25) is 11.8 Å². The van der Waals surface area contributed by atoms with Gasteiger partial charge in [0.25, 0.3) is 0 Å². The summed E-state index contributed by atoms with van der Waals surface area (Å²) in [5, 5.41) is 2.66. The molecule has 0 bridgehead atoms. The lowest BCUT2D eigenvalue weighted by Gasteiger charge is -2.43. The van der Waals surface area contributed by atoms with Crippen LogP contribution in [0.25, 0.3) is 0 Å². The van der Waals surface area contributed by atoms with Gasteiger partial charge in [-0.3, -0.25) is 19.9 Å². The Morgan fingerprint density at radius 1 is 1.24 bits per heavy atom. The Bertz CT molecular complexity index is 1330. The Kier molecular flexibility index (Phi) is 5.73. The smallest absolute Gasteiger partial charge is 0.413 e. The van der Waals surface area contributed by atoms with Crippen LogP contribution in [0, 0.1) is 12.8 Å². The molecule has 9 nitrogen and oxygen atoms in total. The number of likely N-dealkylation sites (tertiary alicyclic amines) is 1. The average molecular weight is 502 g/mol. The summed E-state index contributed by atoms with van der Waals surface area (Å²) < 4.78 is 5.77. The Morgan fingerprint density at radius 2 is 2.05 bits per heavy atom. The van der Waals surface area contributed by atoms with Crippen LogP contribution in [0.5, 0.6) is 0 Å². The molecule has 9 heteroatoms. The zero-order valence-electron chi connectivity index (χ0n) is 21.2. The maximum absolute atomic E-state index is 13.5. The zero-order chi connectivity index (χ0) is 25.7. The molecule has 1 fully saturated rings. The maximum atomic E-state index is 13.5. The molecule has 37 heavy (non-hydrogen) atoms. The number of hydrogen-bond acceptors (Lipinski definition) is 6. The van der Waals surface area contributed by atoms with Gasteiger partial charge in [-0.15, -0.1) is 0 Å². The molecule has 4 aliphatic heterocycles. The normalized spacial score (nSPS) is 21.6. The van der Waals surface area contributed by atoms with E-state index < -0.39 is 17.6 Å². The number of piperidine rings is 1. The first kappa shape index (κ1) is 23.6. The molecule has 1 N–H and O–H groups in total. The van der Waals surface area contributed by atoms with Gasteiger partial charge in [-0.1, -0.05) is 6.07 Å². The first-order valence-electron chi connectivity index (χ1n) is 13.0. The van der Waals surface area contributed by atoms with Crippen molar-refractivity contribution in [2.45, 2.75) is 58.2 Å². The molecular formula is C28H31N5O4. The Hall–Kier alpha value is -3.75. The Balaban J connectivity index is 1.20. The van der Waals surface area contributed by atoms with Crippen molar-refractivity contribution in [3.05, 3.63) is 57.8 Å². The van der Waals surface area contributed by atoms with E-state index in [1.165, 1.54) is 16.7 Å². The van der Waals surface area contributed by atoms with Crippen molar-refractivity contribution >= 4 is 29.9 Å². The van der Waals surface area contributed by atoms with Gasteiger partial charge < -0.3 is 14.5 Å². The molecule has 1 aromatic carbocycles. The maximum Gasteiger partial charge on any atom is 0.413 e. The van der Waals surface area contributed by atoms with Crippen LogP contribution >= 0.6 is 0 Å². The van der Waals surface area contributed by atoms with E-state index in [4.69, 9.17) is 4.74 Å². The second-order valence-electron chi connectivity index (χ2n) is 10.4. The third-order valence-corrected chi connectivity index (χ3v) is 8.38. The summed E-state index contributed by atoms with van der Waals surface area (Å²) >= 11 is 0. The minimum atomic E-state index is -0.780. The number of nitrogens with one attached hydrogen (secondary N) is 1. The molecule has 0 radical (unpaired) electrons. The molecule has 3 amide bonds. The third kappa shape index (κ3) is 3.97. The number of hydrogen-bond donors (Lipinski definition) is 1. The highest BCUT2D eigenvalue weighted by atomic mass is 16.6. The predicted molar refractivity (Wildman–Crippen MR) is 137 cm³/mol. The molecule has 1 atom stereocenters. The van der Waals surface area contributed by atoms with Crippen molar-refractivity contribution in [3.63, 3.8) is 0 Å². The standard InChI is InChI=1S/C28H31N5O4/c1-3-32-16-22-18(11-17(2)20-14-29-15-21(20)22)12-19(26(32)35)13-24(34)33-9-6-28(7-10-33)23-5-4-8-30-25(23)31-27(36)37-28/h4-5,8,11,15,19H,3,6-7,9-10,12-14,16H2,1-2H3,(H,30,31,36). The lowest BCUT2D eigenvalue weighted by Crippen LogP contribution is -2.50. The van der Waals surface area contributed by atoms with Gasteiger partial charge in [-0.2, -0.15) is 0 Å². The number of fused-ring (bicyclic) bond motifs is 5. The average Bonchev–Trinajstić information content (AvgIpc) is 3.34. The highest BCUT2D eigenvalue weighted by Crippen LogP contribution is 2.43. The molecule has 1 unspecified atom stereocenters. The fourth-order valence-electron chi connectivity index (χ4n) is 6.33. The van der Waals surface area contributed by atoms with Crippen LogP contribution in [0.3, 0.4) is 0 Å². The van der Waals surface area contributed by atoms with Crippen LogP contribution < -0.4 is 5.32 Å². The molecule has 1 saturated heterocycles. The first-order valence-corrected chi connectivity index (χ1v) is 13.0. The number of carbonyl (C=O) groups excluding carboxylic acids is 3. The summed E-state index contributed by atoms with van der Waals surface area (Å²) in [6.45, 7) is 6.85. The second-order valence-corrected chi connectivity index (χ2v) is 10.4. The van der Waals surface area contributed by atoms with Gasteiger partial charge in [0, 0.05) is 69.0 Å². The number of pyridine rings is 1. The molecule has 1 spiro atoms. The van der Waals surface area contributed by atoms with E-state index in [-0.39, 0.29) is 18.2 Å². The molecular weight excluding hydrogens is 470 g/mol. The van der Waals surface area contributed by atoms with E-state index in [2.05, 4.69) is 28.3 Å². The molecule has 2 aromatic rings. The second kappa shape index (κ2) is 8.97. The summed E-state index contributed by atoms with van der Waals surface area (Å²) in [6.07, 6.45) is 4.79. The predicted octanol–water partition coefficient (Wildman–Crippen LogP) is 3.31. The number of anilines is 1. The number of aliphatic imine (C=N–C) groups is 1. The number of aromatic nitrogens is 1. The van der Waals surface area contributed by atoms with Crippen molar-refractivity contribution in [1.29, 1.82) is 0 Å². The van der Waals surface area contributed by atoms with Gasteiger partial charge in [0.15, 0.2) is 0 Å². The molecule has 1 aromatic heterocycles. The minimum absolute atomic E-state index is 0.0289. The van der Waals surface area contributed by atoms with E-state index in [1.807, 2.05) is 35.1 Å². The number of nitrogens with zero attached hydrogens (tertiary/aromatic N) is 4. The van der Waals surface area contributed by atoms with Crippen LogP contribution in [0.4, 0.5) is 10.6 Å². The van der Waals surface area contributed by atoms with E-state index >= 15 is 0 Å². The fourth-order valence-corrected chi connectivity index (χ4v) is 6.33. The van der Waals surface area contributed by atoms with Crippen molar-refractivity contribution in [3.8, 4) is 0 Å². The van der Waals surface area contributed by atoms with Crippen LogP contribution in [0.1, 0.15) is 59.6 Å². The van der Waals surface area contributed by atoms with Gasteiger partial charge in [-0.25, -0.2) is 9.78 Å². The highest BCUT2D eigenvalue weighted by Gasteiger charge is 2.46. The van der Waals surface area contributed by atoms with Crippen molar-refractivity contribution in [2.75, 3.05) is 25.0 Å². The Morgan fingerprint density at radius 3 is 2.84 bits per heavy atom. The lowest BCUT2D eigenvalue weighted by atomic mass is 9.83. The third-order valence-electron chi connectivity index (χ3n) is 8.38. The lowest BCUT2D eigenvalue weighted by molar-refractivity contribution is -0.143. The van der Waals surface area contributed by atoms with E-state index in [9.17, 15) is 14.4 Å². The quantitative estimate of drug-likeness (QED) is 0.695. The van der Waals surface area contributed by atoms with Crippen molar-refractivity contribution in [1.82, 2.24) is 14.8 Å². The highest BCUT2D eigenvalue weighted by molar-refractivity contribution is 5.90. The topological polar surface area (TPSA) is 104 Å². The molecule has 0 aliphatic carbocycles. The monoisotopic (exact) mass is 501 g/mol. The van der Waals surface area contributed by atoms with Gasteiger partial charge in [0.05, 0.1) is 12.5 Å². The summed E-state index contributed by atoms with van der Waals surface area (Å²) in [7, 11) is 0. The van der Waals surface area contributed by atoms with Crippen LogP contribution in [-0.2, 0) is 39.4 Å². The van der Waals surface area contributed by atoms with Crippen molar-refractivity contribution < 1.29 is 19.1 Å². The number of ether oxygens (including phenoxy) is 1. The Labute approximate surface area is 215 Å². The summed E-state index contributed by atoms with van der Waals surface area (Å²) in [5.74, 6) is 0.128. The molecule has 6 rings (SSSR count). The summed E-state index contributed by atoms with van der Waals surface area (Å²) in [4.78, 5) is 51.6. The first-order chi connectivity index (χ1) is 17.9. The largest absolute Gasteiger partial charge is 0.437 e. The van der Waals surface area contributed by atoms with E-state index in [0.717, 1.165) is 16.7 Å². The summed E-state index contributed by atoms with van der Waals surface area (Å²) in [6, 6.07) is 5.94. The van der Waals surface area contributed by atoms with Crippen LogP contribution in [0.15, 0.2) is 29.4 Å². The van der Waals surface area contributed by atoms with Crippen molar-refractivity contribution in [2.24, 2.45) is 10.9 Å². The number of rotatable bonds is 3. The molecule has 5 heterocycles. The number of carbonyl (C=O) groups is 3. The SMILES string of the molecule is CCN1Cc2c(cc(C)c3c2C=NC3)CC(CC(=O)N2CCC3(CC2)OC(=O)Nc2ncccc23)C1=O. The number of benzene rings is 1.